The average molecular weight is 496 g/mol. The molecule has 0 bridgehead atoms. The zero-order valence-electron chi connectivity index (χ0n) is 20.0. The minimum atomic E-state index is -3.92. The highest BCUT2D eigenvalue weighted by molar-refractivity contribution is 7.92. The molecular formula is C26H29N3O5S. The highest BCUT2D eigenvalue weighted by atomic mass is 32.2. The number of methoxy groups -OCH3 is 1. The van der Waals surface area contributed by atoms with E-state index in [9.17, 15) is 18.3 Å². The van der Waals surface area contributed by atoms with Crippen molar-refractivity contribution in [2.45, 2.75) is 18.7 Å². The predicted molar refractivity (Wildman–Crippen MR) is 138 cm³/mol. The molecule has 1 aliphatic heterocycles. The number of nitrogens with zero attached hydrogens (tertiary/aromatic N) is 2. The van der Waals surface area contributed by atoms with E-state index in [1.54, 1.807) is 32.2 Å². The zero-order valence-corrected chi connectivity index (χ0v) is 20.8. The van der Waals surface area contributed by atoms with Crippen molar-refractivity contribution in [3.63, 3.8) is 0 Å². The maximum Gasteiger partial charge on any atom is 0.335 e. The summed E-state index contributed by atoms with van der Waals surface area (Å²) >= 11 is 0. The molecule has 0 unspecified atom stereocenters. The number of nitrogens with one attached hydrogen (secondary N) is 1. The maximum atomic E-state index is 13.3. The maximum absolute atomic E-state index is 13.3. The summed E-state index contributed by atoms with van der Waals surface area (Å²) in [7, 11) is -2.29. The molecule has 1 saturated heterocycles. The van der Waals surface area contributed by atoms with E-state index in [0.717, 1.165) is 30.1 Å². The monoisotopic (exact) mass is 495 g/mol. The molecule has 9 heteroatoms. The number of ether oxygens (including phenoxy) is 1. The Labute approximate surface area is 205 Å². The van der Waals surface area contributed by atoms with Crippen molar-refractivity contribution in [2.75, 3.05) is 47.8 Å². The summed E-state index contributed by atoms with van der Waals surface area (Å²) in [6.45, 7) is 6.33. The van der Waals surface area contributed by atoms with Crippen LogP contribution in [0.25, 0.3) is 0 Å². The van der Waals surface area contributed by atoms with Gasteiger partial charge in [0.05, 0.1) is 28.9 Å². The van der Waals surface area contributed by atoms with Crippen molar-refractivity contribution in [2.24, 2.45) is 0 Å². The molecule has 0 spiro atoms. The van der Waals surface area contributed by atoms with E-state index in [-0.39, 0.29) is 16.1 Å². The first-order valence-electron chi connectivity index (χ1n) is 11.3. The molecule has 4 rings (SSSR count). The van der Waals surface area contributed by atoms with Gasteiger partial charge in [0, 0.05) is 31.9 Å². The molecule has 1 aliphatic rings. The van der Waals surface area contributed by atoms with E-state index in [4.69, 9.17) is 4.74 Å². The fourth-order valence-electron chi connectivity index (χ4n) is 4.22. The molecule has 3 aromatic carbocycles. The molecule has 0 aromatic heterocycles. The molecule has 0 radical (unpaired) electrons. The highest BCUT2D eigenvalue weighted by Crippen LogP contribution is 2.32. The number of carboxylic acid groups (broad SMARTS) is 1. The number of sulfonamides is 1. The highest BCUT2D eigenvalue weighted by Gasteiger charge is 2.24. The normalized spacial score (nSPS) is 14.0. The standard InChI is InChI=1S/C26H29N3O5S/c1-18-4-5-19(2)25(16-18)35(32,33)27-23-17-20(26(30)31)6-11-24(23)29-14-12-28(13-15-29)21-7-9-22(34-3)10-8-21/h4-11,16-17,27H,12-15H2,1-3H3,(H,30,31). The Kier molecular flexibility index (Phi) is 6.88. The van der Waals surface area contributed by atoms with Gasteiger partial charge in [-0.1, -0.05) is 12.1 Å². The number of hydrogen-bond donors (Lipinski definition) is 2. The number of aromatic carboxylic acids is 1. The first-order valence-corrected chi connectivity index (χ1v) is 12.8. The third kappa shape index (κ3) is 5.35. The topological polar surface area (TPSA) is 99.2 Å². The Balaban J connectivity index is 1.60. The lowest BCUT2D eigenvalue weighted by molar-refractivity contribution is 0.0697. The molecule has 0 aliphatic carbocycles. The Morgan fingerprint density at radius 1 is 0.914 bits per heavy atom. The minimum absolute atomic E-state index is 0.0179. The molecule has 2 N–H and O–H groups in total. The number of aryl methyl sites for hydroxylation is 2. The number of anilines is 3. The van der Waals surface area contributed by atoms with Crippen LogP contribution in [0.2, 0.25) is 0 Å². The van der Waals surface area contributed by atoms with Crippen LogP contribution in [-0.4, -0.2) is 52.8 Å². The van der Waals surface area contributed by atoms with Gasteiger partial charge in [-0.15, -0.1) is 0 Å². The Morgan fingerprint density at radius 2 is 1.57 bits per heavy atom. The van der Waals surface area contributed by atoms with Gasteiger partial charge in [-0.05, 0) is 73.5 Å². The van der Waals surface area contributed by atoms with E-state index in [0.29, 0.717) is 24.3 Å². The predicted octanol–water partition coefficient (Wildman–Crippen LogP) is 4.14. The van der Waals surface area contributed by atoms with Gasteiger partial charge in [-0.25, -0.2) is 13.2 Å². The van der Waals surface area contributed by atoms with E-state index in [2.05, 4.69) is 14.5 Å². The fraction of sp³-hybridized carbons (Fsp3) is 0.269. The van der Waals surface area contributed by atoms with Crippen LogP contribution in [0.3, 0.4) is 0 Å². The SMILES string of the molecule is COc1ccc(N2CCN(c3ccc(C(=O)O)cc3NS(=O)(=O)c3cc(C)ccc3C)CC2)cc1. The number of benzene rings is 3. The Hall–Kier alpha value is -3.72. The Morgan fingerprint density at radius 3 is 2.20 bits per heavy atom. The van der Waals surface area contributed by atoms with E-state index in [1.165, 1.54) is 12.1 Å². The van der Waals surface area contributed by atoms with Gasteiger partial charge < -0.3 is 19.6 Å². The molecular weight excluding hydrogens is 466 g/mol. The van der Waals surface area contributed by atoms with Crippen LogP contribution in [0.5, 0.6) is 5.75 Å². The van der Waals surface area contributed by atoms with Crippen LogP contribution in [0, 0.1) is 13.8 Å². The molecule has 0 saturated carbocycles. The van der Waals surface area contributed by atoms with Crippen LogP contribution in [0.1, 0.15) is 21.5 Å². The van der Waals surface area contributed by atoms with Crippen molar-refractivity contribution in [1.29, 1.82) is 0 Å². The quantitative estimate of drug-likeness (QED) is 0.508. The smallest absolute Gasteiger partial charge is 0.335 e. The molecule has 35 heavy (non-hydrogen) atoms. The second-order valence-electron chi connectivity index (χ2n) is 8.58. The lowest BCUT2D eigenvalue weighted by Gasteiger charge is -2.38. The summed E-state index contributed by atoms with van der Waals surface area (Å²) in [4.78, 5) is 16.1. The van der Waals surface area contributed by atoms with Crippen LogP contribution >= 0.6 is 0 Å². The molecule has 1 fully saturated rings. The van der Waals surface area contributed by atoms with Crippen LogP contribution in [0.15, 0.2) is 65.6 Å². The van der Waals surface area contributed by atoms with Crippen LogP contribution in [-0.2, 0) is 10.0 Å². The Bertz CT molecular complexity index is 1330. The molecule has 0 amide bonds. The van der Waals surface area contributed by atoms with Gasteiger partial charge in [-0.2, -0.15) is 0 Å². The first kappa shape index (κ1) is 24.4. The third-order valence-corrected chi connectivity index (χ3v) is 7.69. The van der Waals surface area contributed by atoms with Crippen LogP contribution in [0.4, 0.5) is 17.1 Å². The number of hydrogen-bond acceptors (Lipinski definition) is 6. The van der Waals surface area contributed by atoms with Crippen molar-refractivity contribution < 1.29 is 23.1 Å². The van der Waals surface area contributed by atoms with Gasteiger partial charge in [0.2, 0.25) is 0 Å². The lowest BCUT2D eigenvalue weighted by atomic mass is 10.1. The van der Waals surface area contributed by atoms with Gasteiger partial charge >= 0.3 is 5.97 Å². The summed E-state index contributed by atoms with van der Waals surface area (Å²) in [5, 5.41) is 9.50. The summed E-state index contributed by atoms with van der Waals surface area (Å²) in [5.41, 5.74) is 3.45. The largest absolute Gasteiger partial charge is 0.497 e. The van der Waals surface area contributed by atoms with Crippen molar-refractivity contribution >= 4 is 33.1 Å². The second-order valence-corrected chi connectivity index (χ2v) is 10.2. The summed E-state index contributed by atoms with van der Waals surface area (Å²) in [5.74, 6) is -0.320. The summed E-state index contributed by atoms with van der Waals surface area (Å²) < 4.78 is 34.5. The van der Waals surface area contributed by atoms with E-state index in [1.807, 2.05) is 37.3 Å². The van der Waals surface area contributed by atoms with Gasteiger partial charge in [0.15, 0.2) is 0 Å². The average Bonchev–Trinajstić information content (AvgIpc) is 2.85. The first-order chi connectivity index (χ1) is 16.7. The molecule has 3 aromatic rings. The number of piperazine rings is 1. The molecule has 1 heterocycles. The molecule has 8 nitrogen and oxygen atoms in total. The fourth-order valence-corrected chi connectivity index (χ4v) is 5.62. The minimum Gasteiger partial charge on any atom is -0.497 e. The number of carboxylic acids is 1. The molecule has 0 atom stereocenters. The van der Waals surface area contributed by atoms with Crippen LogP contribution < -0.4 is 19.3 Å². The van der Waals surface area contributed by atoms with E-state index < -0.39 is 16.0 Å². The van der Waals surface area contributed by atoms with Crippen molar-refractivity contribution in [1.82, 2.24) is 0 Å². The number of rotatable bonds is 7. The van der Waals surface area contributed by atoms with Gasteiger partial charge in [-0.3, -0.25) is 4.72 Å². The summed E-state index contributed by atoms with van der Waals surface area (Å²) in [6.07, 6.45) is 0. The summed E-state index contributed by atoms with van der Waals surface area (Å²) in [6, 6.07) is 17.7. The number of carbonyl (C=O) groups is 1. The van der Waals surface area contributed by atoms with Crippen molar-refractivity contribution in [3.05, 3.63) is 77.4 Å². The van der Waals surface area contributed by atoms with E-state index >= 15 is 0 Å². The zero-order chi connectivity index (χ0) is 25.2. The van der Waals surface area contributed by atoms with Gasteiger partial charge in [0.25, 0.3) is 10.0 Å². The van der Waals surface area contributed by atoms with Crippen molar-refractivity contribution in [3.8, 4) is 5.75 Å². The lowest BCUT2D eigenvalue weighted by Crippen LogP contribution is -2.46. The van der Waals surface area contributed by atoms with Gasteiger partial charge in [0.1, 0.15) is 5.75 Å². The third-order valence-electron chi connectivity index (χ3n) is 6.18. The second kappa shape index (κ2) is 9.87. The molecule has 184 valence electrons.